The molecule has 25 heavy (non-hydrogen) atoms. The second kappa shape index (κ2) is 5.44. The summed E-state index contributed by atoms with van der Waals surface area (Å²) in [5, 5.41) is 9.41. The molecule has 1 saturated heterocycles. The zero-order valence-electron chi connectivity index (χ0n) is 13.5. The summed E-state index contributed by atoms with van der Waals surface area (Å²) in [6.07, 6.45) is 3.06. The van der Waals surface area contributed by atoms with Crippen LogP contribution in [0.5, 0.6) is 0 Å². The molecular weight excluding hydrogens is 349 g/mol. The molecule has 0 radical (unpaired) electrons. The normalized spacial score (nSPS) is 23.0. The van der Waals surface area contributed by atoms with Crippen molar-refractivity contribution in [2.45, 2.75) is 37.9 Å². The zero-order chi connectivity index (χ0) is 18.0. The lowest BCUT2D eigenvalue weighted by molar-refractivity contribution is 0.0695. The molecule has 0 bridgehead atoms. The predicted octanol–water partition coefficient (Wildman–Crippen LogP) is 2.36. The highest BCUT2D eigenvalue weighted by molar-refractivity contribution is 6.38. The number of halogens is 2. The Balaban J connectivity index is 2.03. The van der Waals surface area contributed by atoms with Gasteiger partial charge in [0, 0.05) is 30.9 Å². The Hall–Kier alpha value is -2.12. The van der Waals surface area contributed by atoms with Crippen molar-refractivity contribution in [3.63, 3.8) is 0 Å². The minimum absolute atomic E-state index is 0.00414. The Labute approximate surface area is 147 Å². The maximum atomic E-state index is 14.8. The highest BCUT2D eigenvalue weighted by Gasteiger charge is 2.37. The molecule has 2 aliphatic rings. The van der Waals surface area contributed by atoms with Crippen LogP contribution in [0.15, 0.2) is 17.1 Å². The minimum atomic E-state index is -1.33. The van der Waals surface area contributed by atoms with Crippen LogP contribution in [0.1, 0.15) is 36.2 Å². The van der Waals surface area contributed by atoms with Gasteiger partial charge in [-0.25, -0.2) is 9.18 Å². The third kappa shape index (κ3) is 2.33. The van der Waals surface area contributed by atoms with Crippen LogP contribution < -0.4 is 16.1 Å². The second-order valence-electron chi connectivity index (χ2n) is 6.79. The van der Waals surface area contributed by atoms with Crippen LogP contribution in [0.3, 0.4) is 0 Å². The first-order valence-electron chi connectivity index (χ1n) is 8.13. The van der Waals surface area contributed by atoms with Crippen molar-refractivity contribution >= 4 is 34.2 Å². The fraction of sp³-hybridized carbons (Fsp3) is 0.412. The summed E-state index contributed by atoms with van der Waals surface area (Å²) in [5.41, 5.74) is 5.42. The van der Waals surface area contributed by atoms with Gasteiger partial charge >= 0.3 is 5.97 Å². The van der Waals surface area contributed by atoms with Gasteiger partial charge in [-0.15, -0.1) is 0 Å². The number of benzene rings is 1. The quantitative estimate of drug-likeness (QED) is 0.871. The van der Waals surface area contributed by atoms with Crippen molar-refractivity contribution in [3.8, 4) is 0 Å². The van der Waals surface area contributed by atoms with E-state index in [1.807, 2.05) is 6.92 Å². The van der Waals surface area contributed by atoms with Gasteiger partial charge in [0.25, 0.3) is 0 Å². The topological polar surface area (TPSA) is 88.6 Å². The summed E-state index contributed by atoms with van der Waals surface area (Å²) in [4.78, 5) is 25.6. The monoisotopic (exact) mass is 365 g/mol. The number of aromatic nitrogens is 1. The number of hydrogen-bond acceptors (Lipinski definition) is 4. The number of nitrogens with zero attached hydrogens (tertiary/aromatic N) is 2. The molecule has 2 aromatic rings. The van der Waals surface area contributed by atoms with Crippen molar-refractivity contribution in [2.75, 3.05) is 11.4 Å². The van der Waals surface area contributed by atoms with E-state index >= 15 is 0 Å². The van der Waals surface area contributed by atoms with E-state index in [0.29, 0.717) is 12.1 Å². The van der Waals surface area contributed by atoms with E-state index < -0.39 is 17.2 Å². The molecule has 4 rings (SSSR count). The number of carboxylic acids is 1. The van der Waals surface area contributed by atoms with E-state index in [0.717, 1.165) is 18.9 Å². The van der Waals surface area contributed by atoms with E-state index in [1.54, 1.807) is 9.47 Å². The van der Waals surface area contributed by atoms with Crippen molar-refractivity contribution < 1.29 is 14.3 Å². The fourth-order valence-electron chi connectivity index (χ4n) is 3.42. The molecule has 2 unspecified atom stereocenters. The molecule has 1 aliphatic carbocycles. The van der Waals surface area contributed by atoms with Gasteiger partial charge in [-0.05, 0) is 25.8 Å². The Morgan fingerprint density at radius 1 is 1.44 bits per heavy atom. The van der Waals surface area contributed by atoms with Crippen molar-refractivity contribution in [1.29, 1.82) is 0 Å². The number of aromatic carboxylic acids is 1. The summed E-state index contributed by atoms with van der Waals surface area (Å²) in [6, 6.07) is 1.05. The van der Waals surface area contributed by atoms with Gasteiger partial charge in [0.05, 0.1) is 21.6 Å². The van der Waals surface area contributed by atoms with Crippen LogP contribution in [-0.2, 0) is 0 Å². The molecule has 2 atom stereocenters. The van der Waals surface area contributed by atoms with E-state index in [9.17, 15) is 19.1 Å². The number of carboxylic acid groups (broad SMARTS) is 1. The third-order valence-corrected chi connectivity index (χ3v) is 5.52. The molecular formula is C17H17ClFN3O3. The number of fused-ring (bicyclic) bond motifs is 1. The summed E-state index contributed by atoms with van der Waals surface area (Å²) in [6.45, 7) is 2.36. The summed E-state index contributed by atoms with van der Waals surface area (Å²) in [7, 11) is 0. The standard InChI is InChI=1S/C17H17ClFN3O3/c1-7-12(20)6-21(7)15-11(19)4-9-14(13(15)18)22(8-2-3-8)5-10(16(9)23)17(24)25/h4-5,7-8,12H,2-3,6,20H2,1H3,(H,24,25). The van der Waals surface area contributed by atoms with E-state index in [-0.39, 0.29) is 39.8 Å². The van der Waals surface area contributed by atoms with Crippen molar-refractivity contribution in [3.05, 3.63) is 38.9 Å². The molecule has 1 aromatic heterocycles. The van der Waals surface area contributed by atoms with Crippen LogP contribution in [-0.4, -0.2) is 34.3 Å². The van der Waals surface area contributed by atoms with Gasteiger partial charge in [0.2, 0.25) is 5.43 Å². The lowest BCUT2D eigenvalue weighted by Gasteiger charge is -2.46. The van der Waals surface area contributed by atoms with Crippen LogP contribution in [0, 0.1) is 5.82 Å². The van der Waals surface area contributed by atoms with Crippen LogP contribution in [0.2, 0.25) is 5.02 Å². The molecule has 8 heteroatoms. The SMILES string of the molecule is CC1C(N)CN1c1c(F)cc2c(=O)c(C(=O)O)cn(C3CC3)c2c1Cl. The maximum absolute atomic E-state index is 14.8. The van der Waals surface area contributed by atoms with Crippen molar-refractivity contribution in [2.24, 2.45) is 5.73 Å². The molecule has 0 amide bonds. The number of hydrogen-bond donors (Lipinski definition) is 2. The second-order valence-corrected chi connectivity index (χ2v) is 7.17. The highest BCUT2D eigenvalue weighted by atomic mass is 35.5. The van der Waals surface area contributed by atoms with Gasteiger partial charge in [-0.2, -0.15) is 0 Å². The summed E-state index contributed by atoms with van der Waals surface area (Å²) in [5.74, 6) is -1.97. The Kier molecular flexibility index (Phi) is 3.56. The zero-order valence-corrected chi connectivity index (χ0v) is 14.3. The summed E-state index contributed by atoms with van der Waals surface area (Å²) >= 11 is 6.52. The van der Waals surface area contributed by atoms with E-state index in [2.05, 4.69) is 0 Å². The smallest absolute Gasteiger partial charge is 0.341 e. The third-order valence-electron chi connectivity index (χ3n) is 5.16. The van der Waals surface area contributed by atoms with E-state index in [1.165, 1.54) is 6.20 Å². The van der Waals surface area contributed by atoms with Crippen molar-refractivity contribution in [1.82, 2.24) is 4.57 Å². The molecule has 2 fully saturated rings. The molecule has 132 valence electrons. The first-order valence-corrected chi connectivity index (χ1v) is 8.51. The molecule has 3 N–H and O–H groups in total. The largest absolute Gasteiger partial charge is 0.477 e. The van der Waals surface area contributed by atoms with Crippen LogP contribution in [0.4, 0.5) is 10.1 Å². The fourth-order valence-corrected chi connectivity index (χ4v) is 3.82. The first-order chi connectivity index (χ1) is 11.8. The highest BCUT2D eigenvalue weighted by Crippen LogP contribution is 2.43. The summed E-state index contributed by atoms with van der Waals surface area (Å²) < 4.78 is 16.5. The number of anilines is 1. The molecule has 1 aliphatic heterocycles. The van der Waals surface area contributed by atoms with Crippen LogP contribution >= 0.6 is 11.6 Å². The van der Waals surface area contributed by atoms with Gasteiger partial charge in [-0.1, -0.05) is 11.6 Å². The van der Waals surface area contributed by atoms with Gasteiger partial charge in [-0.3, -0.25) is 4.79 Å². The Bertz CT molecular complexity index is 970. The van der Waals surface area contributed by atoms with E-state index in [4.69, 9.17) is 17.3 Å². The Morgan fingerprint density at radius 3 is 2.64 bits per heavy atom. The van der Waals surface area contributed by atoms with Gasteiger partial charge in [0.15, 0.2) is 0 Å². The van der Waals surface area contributed by atoms with Gasteiger partial charge < -0.3 is 20.3 Å². The Morgan fingerprint density at radius 2 is 2.12 bits per heavy atom. The molecule has 0 spiro atoms. The average molecular weight is 366 g/mol. The van der Waals surface area contributed by atoms with Crippen LogP contribution in [0.25, 0.3) is 10.9 Å². The number of pyridine rings is 1. The average Bonchev–Trinajstić information content (AvgIpc) is 3.39. The predicted molar refractivity (Wildman–Crippen MR) is 93.2 cm³/mol. The minimum Gasteiger partial charge on any atom is -0.477 e. The number of nitrogens with two attached hydrogens (primary N) is 1. The maximum Gasteiger partial charge on any atom is 0.341 e. The van der Waals surface area contributed by atoms with Gasteiger partial charge in [0.1, 0.15) is 11.4 Å². The molecule has 6 nitrogen and oxygen atoms in total. The molecule has 1 saturated carbocycles. The lowest BCUT2D eigenvalue weighted by Crippen LogP contribution is -2.63. The first kappa shape index (κ1) is 16.4. The lowest BCUT2D eigenvalue weighted by atomic mass is 9.97. The molecule has 2 heterocycles. The number of carbonyl (C=O) groups is 1. The number of rotatable bonds is 3. The molecule has 1 aromatic carbocycles.